The Balaban J connectivity index is 2.39. The normalized spacial score (nSPS) is 15.2. The predicted molar refractivity (Wildman–Crippen MR) is 84.5 cm³/mol. The third-order valence-corrected chi connectivity index (χ3v) is 4.17. The van der Waals surface area contributed by atoms with E-state index in [9.17, 15) is 10.1 Å². The Labute approximate surface area is 130 Å². The summed E-state index contributed by atoms with van der Waals surface area (Å²) in [7, 11) is 1.67. The van der Waals surface area contributed by atoms with Gasteiger partial charge >= 0.3 is 0 Å². The second kappa shape index (κ2) is 5.47. The minimum absolute atomic E-state index is 0.164. The van der Waals surface area contributed by atoms with Crippen molar-refractivity contribution in [2.45, 2.75) is 0 Å². The van der Waals surface area contributed by atoms with E-state index >= 15 is 0 Å². The van der Waals surface area contributed by atoms with Gasteiger partial charge in [-0.3, -0.25) is 4.79 Å². The number of rotatable bonds is 1. The van der Waals surface area contributed by atoms with Crippen molar-refractivity contribution in [2.75, 3.05) is 31.1 Å². The largest absolute Gasteiger partial charge is 0.366 e. The molecule has 2 aromatic rings. The molecule has 1 aliphatic heterocycles. The molecular formula is C14H14BrN5O. The van der Waals surface area contributed by atoms with Gasteiger partial charge in [0.25, 0.3) is 5.56 Å². The van der Waals surface area contributed by atoms with E-state index in [2.05, 4.69) is 37.2 Å². The molecule has 0 atom stereocenters. The number of fused-ring (bicyclic) bond motifs is 1. The number of nitrogens with one attached hydrogen (secondary N) is 1. The number of nitrogens with zero attached hydrogens (tertiary/aromatic N) is 4. The molecule has 0 saturated carbocycles. The first-order valence-corrected chi connectivity index (χ1v) is 7.48. The lowest BCUT2D eigenvalue weighted by molar-refractivity contribution is 0.589. The maximum Gasteiger partial charge on any atom is 0.270 e. The fourth-order valence-corrected chi connectivity index (χ4v) is 2.98. The van der Waals surface area contributed by atoms with E-state index in [1.165, 1.54) is 4.57 Å². The lowest BCUT2D eigenvalue weighted by atomic mass is 10.1. The monoisotopic (exact) mass is 347 g/mol. The van der Waals surface area contributed by atoms with Gasteiger partial charge in [-0.25, -0.2) is 4.98 Å². The van der Waals surface area contributed by atoms with Crippen molar-refractivity contribution in [1.29, 1.82) is 5.26 Å². The molecule has 0 bridgehead atoms. The van der Waals surface area contributed by atoms with Gasteiger partial charge in [-0.2, -0.15) is 5.26 Å². The number of hydrogen-bond donors (Lipinski definition) is 1. The molecular weight excluding hydrogens is 334 g/mol. The third-order valence-electron chi connectivity index (χ3n) is 3.73. The maximum absolute atomic E-state index is 12.4. The smallest absolute Gasteiger partial charge is 0.270 e. The highest BCUT2D eigenvalue weighted by molar-refractivity contribution is 9.10. The Kier molecular flexibility index (Phi) is 3.66. The molecule has 7 heteroatoms. The van der Waals surface area contributed by atoms with Gasteiger partial charge in [0.05, 0.1) is 11.2 Å². The Hall–Kier alpha value is -1.91. The van der Waals surface area contributed by atoms with Crippen LogP contribution in [0.2, 0.25) is 0 Å². The van der Waals surface area contributed by atoms with Gasteiger partial charge in [0, 0.05) is 33.2 Å². The Morgan fingerprint density at radius 3 is 2.76 bits per heavy atom. The van der Waals surface area contributed by atoms with Crippen LogP contribution in [0.1, 0.15) is 5.56 Å². The van der Waals surface area contributed by atoms with E-state index in [-0.39, 0.29) is 11.1 Å². The number of nitriles is 1. The maximum atomic E-state index is 12.4. The van der Waals surface area contributed by atoms with Crippen LogP contribution in [0.4, 0.5) is 5.69 Å². The Morgan fingerprint density at radius 2 is 2.10 bits per heavy atom. The highest BCUT2D eigenvalue weighted by atomic mass is 79.9. The van der Waals surface area contributed by atoms with Crippen molar-refractivity contribution in [3.8, 4) is 6.07 Å². The average Bonchev–Trinajstić information content (AvgIpc) is 2.51. The summed E-state index contributed by atoms with van der Waals surface area (Å²) >= 11 is 3.37. The van der Waals surface area contributed by atoms with Gasteiger partial charge in [0.1, 0.15) is 21.8 Å². The zero-order valence-electron chi connectivity index (χ0n) is 11.6. The number of halogens is 1. The van der Waals surface area contributed by atoms with Crippen LogP contribution in [0.5, 0.6) is 0 Å². The molecule has 0 spiro atoms. The highest BCUT2D eigenvalue weighted by Crippen LogP contribution is 2.28. The van der Waals surface area contributed by atoms with Gasteiger partial charge < -0.3 is 14.8 Å². The molecule has 0 amide bonds. The summed E-state index contributed by atoms with van der Waals surface area (Å²) in [6.45, 7) is 3.17. The molecule has 3 heterocycles. The summed E-state index contributed by atoms with van der Waals surface area (Å²) in [6, 6.07) is 5.71. The first kappa shape index (κ1) is 14.0. The van der Waals surface area contributed by atoms with Gasteiger partial charge in [-0.1, -0.05) is 0 Å². The summed E-state index contributed by atoms with van der Waals surface area (Å²) in [5.41, 5.74) is 1.96. The van der Waals surface area contributed by atoms with Gasteiger partial charge in [0.2, 0.25) is 0 Å². The standard InChI is InChI=1S/C14H14BrN5O/c1-19-10-2-3-11(15)18-12(10)13(9(8-16)14(19)21)20-6-4-17-5-7-20/h2-3,17H,4-7H2,1H3. The van der Waals surface area contributed by atoms with E-state index in [4.69, 9.17) is 0 Å². The molecule has 21 heavy (non-hydrogen) atoms. The van der Waals surface area contributed by atoms with Gasteiger partial charge in [0.15, 0.2) is 0 Å². The van der Waals surface area contributed by atoms with Crippen LogP contribution < -0.4 is 15.8 Å². The molecule has 3 rings (SSSR count). The van der Waals surface area contributed by atoms with Crippen molar-refractivity contribution in [2.24, 2.45) is 7.05 Å². The van der Waals surface area contributed by atoms with Crippen molar-refractivity contribution in [3.63, 3.8) is 0 Å². The summed E-state index contributed by atoms with van der Waals surface area (Å²) in [4.78, 5) is 19.0. The molecule has 1 saturated heterocycles. The zero-order chi connectivity index (χ0) is 15.0. The number of piperazine rings is 1. The lowest BCUT2D eigenvalue weighted by Gasteiger charge is -2.30. The van der Waals surface area contributed by atoms with Crippen molar-refractivity contribution in [1.82, 2.24) is 14.9 Å². The van der Waals surface area contributed by atoms with Crippen LogP contribution in [-0.2, 0) is 7.05 Å². The molecule has 1 fully saturated rings. The van der Waals surface area contributed by atoms with Gasteiger partial charge in [-0.05, 0) is 28.1 Å². The lowest BCUT2D eigenvalue weighted by Crippen LogP contribution is -2.44. The quantitative estimate of drug-likeness (QED) is 0.778. The number of hydrogen-bond acceptors (Lipinski definition) is 5. The summed E-state index contributed by atoms with van der Waals surface area (Å²) in [5.74, 6) is 0. The fraction of sp³-hybridized carbons (Fsp3) is 0.357. The van der Waals surface area contributed by atoms with E-state index in [1.54, 1.807) is 13.1 Å². The first-order chi connectivity index (χ1) is 10.1. The van der Waals surface area contributed by atoms with Crippen LogP contribution >= 0.6 is 15.9 Å². The first-order valence-electron chi connectivity index (χ1n) is 6.68. The van der Waals surface area contributed by atoms with E-state index in [1.807, 2.05) is 6.07 Å². The number of aryl methyl sites for hydroxylation is 1. The summed E-state index contributed by atoms with van der Waals surface area (Å²) in [6.07, 6.45) is 0. The minimum Gasteiger partial charge on any atom is -0.366 e. The van der Waals surface area contributed by atoms with Crippen molar-refractivity contribution < 1.29 is 0 Å². The molecule has 0 aromatic carbocycles. The number of aromatic nitrogens is 2. The summed E-state index contributed by atoms with van der Waals surface area (Å²) in [5, 5.41) is 12.7. The van der Waals surface area contributed by atoms with Crippen LogP contribution in [0, 0.1) is 11.3 Å². The fourth-order valence-electron chi connectivity index (χ4n) is 2.67. The molecule has 108 valence electrons. The second-order valence-electron chi connectivity index (χ2n) is 4.94. The Morgan fingerprint density at radius 1 is 1.38 bits per heavy atom. The summed E-state index contributed by atoms with van der Waals surface area (Å²) < 4.78 is 2.17. The van der Waals surface area contributed by atoms with Gasteiger partial charge in [-0.15, -0.1) is 0 Å². The molecule has 2 aromatic heterocycles. The zero-order valence-corrected chi connectivity index (χ0v) is 13.1. The molecule has 1 aliphatic rings. The predicted octanol–water partition coefficient (Wildman–Crippen LogP) is 0.977. The molecule has 0 aliphatic carbocycles. The van der Waals surface area contributed by atoms with E-state index < -0.39 is 0 Å². The third kappa shape index (κ3) is 2.30. The second-order valence-corrected chi connectivity index (χ2v) is 5.75. The number of pyridine rings is 2. The van der Waals surface area contributed by atoms with E-state index in [0.717, 1.165) is 31.7 Å². The molecule has 1 N–H and O–H groups in total. The van der Waals surface area contributed by atoms with Crippen LogP contribution in [0.15, 0.2) is 21.5 Å². The topological polar surface area (TPSA) is 74.0 Å². The average molecular weight is 348 g/mol. The molecule has 6 nitrogen and oxygen atoms in total. The number of anilines is 1. The molecule has 0 radical (unpaired) electrons. The van der Waals surface area contributed by atoms with Crippen LogP contribution in [0.3, 0.4) is 0 Å². The Bertz CT molecular complexity index is 802. The van der Waals surface area contributed by atoms with E-state index in [0.29, 0.717) is 15.8 Å². The highest BCUT2D eigenvalue weighted by Gasteiger charge is 2.22. The molecule has 0 unspecified atom stereocenters. The van der Waals surface area contributed by atoms with Crippen LogP contribution in [0.25, 0.3) is 11.0 Å². The SMILES string of the molecule is Cn1c(=O)c(C#N)c(N2CCNCC2)c2nc(Br)ccc21. The van der Waals surface area contributed by atoms with Crippen LogP contribution in [-0.4, -0.2) is 35.7 Å². The minimum atomic E-state index is -0.275. The van der Waals surface area contributed by atoms with Crippen molar-refractivity contribution >= 4 is 32.7 Å². The van der Waals surface area contributed by atoms with Crippen molar-refractivity contribution in [3.05, 3.63) is 32.7 Å².